The normalized spacial score (nSPS) is 10.8. The van der Waals surface area contributed by atoms with E-state index < -0.39 is 0 Å². The highest BCUT2D eigenvalue weighted by molar-refractivity contribution is 7.19. The first-order chi connectivity index (χ1) is 12.6. The summed E-state index contributed by atoms with van der Waals surface area (Å²) in [4.78, 5) is 13.2. The van der Waals surface area contributed by atoms with Crippen LogP contribution in [0.3, 0.4) is 0 Å². The minimum atomic E-state index is -0.182. The number of carbonyl (C=O) groups excluding carboxylic acids is 1. The molecule has 1 amide bonds. The summed E-state index contributed by atoms with van der Waals surface area (Å²) in [6.07, 6.45) is 0. The van der Waals surface area contributed by atoms with Crippen LogP contribution >= 0.6 is 11.3 Å². The lowest BCUT2D eigenvalue weighted by Gasteiger charge is -2.07. The van der Waals surface area contributed by atoms with Gasteiger partial charge < -0.3 is 10.1 Å². The molecule has 26 heavy (non-hydrogen) atoms. The molecule has 4 aromatic rings. The van der Waals surface area contributed by atoms with Crippen LogP contribution in [0, 0.1) is 6.92 Å². The number of amides is 1. The molecule has 130 valence electrons. The van der Waals surface area contributed by atoms with E-state index >= 15 is 0 Å². The maximum absolute atomic E-state index is 12.4. The number of benzene rings is 2. The smallest absolute Gasteiger partial charge is 0.255 e. The van der Waals surface area contributed by atoms with Gasteiger partial charge in [-0.1, -0.05) is 23.5 Å². The average Bonchev–Trinajstić information content (AvgIpc) is 3.24. The van der Waals surface area contributed by atoms with Gasteiger partial charge in [-0.05, 0) is 43.3 Å². The second-order valence-corrected chi connectivity index (χ2v) is 6.57. The molecule has 2 aromatic heterocycles. The Hall–Kier alpha value is -3.26. The lowest BCUT2D eigenvalue weighted by atomic mass is 10.1. The number of methoxy groups -OCH3 is 1. The number of hydrogen-bond acceptors (Lipinski definition) is 6. The fourth-order valence-electron chi connectivity index (χ4n) is 2.51. The predicted octanol–water partition coefficient (Wildman–Crippen LogP) is 3.42. The van der Waals surface area contributed by atoms with Crippen molar-refractivity contribution >= 4 is 27.9 Å². The topological polar surface area (TPSA) is 81.4 Å². The number of aromatic nitrogens is 4. The van der Waals surface area contributed by atoms with Gasteiger partial charge in [-0.3, -0.25) is 4.79 Å². The van der Waals surface area contributed by atoms with Crippen molar-refractivity contribution in [1.29, 1.82) is 0 Å². The van der Waals surface area contributed by atoms with Crippen molar-refractivity contribution in [1.82, 2.24) is 19.8 Å². The lowest BCUT2D eigenvalue weighted by molar-refractivity contribution is 0.102. The number of hydrogen-bond donors (Lipinski definition) is 1. The Morgan fingerprint density at radius 1 is 1.15 bits per heavy atom. The molecule has 0 aliphatic heterocycles. The molecular weight excluding hydrogens is 350 g/mol. The van der Waals surface area contributed by atoms with Crippen LogP contribution in [0.4, 0.5) is 5.69 Å². The van der Waals surface area contributed by atoms with Gasteiger partial charge in [0.1, 0.15) is 10.8 Å². The van der Waals surface area contributed by atoms with E-state index in [2.05, 4.69) is 20.6 Å². The van der Waals surface area contributed by atoms with Crippen molar-refractivity contribution in [3.8, 4) is 16.3 Å². The zero-order chi connectivity index (χ0) is 18.1. The standard InChI is InChI=1S/C18H15N5O2S/c1-11-20-21-18-23(11)22-17(26-18)13-4-3-5-14(10-13)19-16(24)12-6-8-15(25-2)9-7-12/h3-10H,1-2H3,(H,19,24). The Morgan fingerprint density at radius 2 is 1.96 bits per heavy atom. The number of aryl methyl sites for hydroxylation is 1. The van der Waals surface area contributed by atoms with Crippen molar-refractivity contribution < 1.29 is 9.53 Å². The number of ether oxygens (including phenoxy) is 1. The highest BCUT2D eigenvalue weighted by Gasteiger charge is 2.12. The molecule has 0 unspecified atom stereocenters. The summed E-state index contributed by atoms with van der Waals surface area (Å²) in [6.45, 7) is 1.86. The van der Waals surface area contributed by atoms with E-state index in [-0.39, 0.29) is 5.91 Å². The van der Waals surface area contributed by atoms with Crippen LogP contribution in [0.15, 0.2) is 48.5 Å². The lowest BCUT2D eigenvalue weighted by Crippen LogP contribution is -2.11. The summed E-state index contributed by atoms with van der Waals surface area (Å²) in [6, 6.07) is 14.5. The molecule has 0 bridgehead atoms. The zero-order valence-electron chi connectivity index (χ0n) is 14.1. The van der Waals surface area contributed by atoms with Crippen LogP contribution in [0.1, 0.15) is 16.2 Å². The summed E-state index contributed by atoms with van der Waals surface area (Å²) in [5, 5.41) is 16.3. The fraction of sp³-hybridized carbons (Fsp3) is 0.111. The van der Waals surface area contributed by atoms with Crippen LogP contribution in [0.25, 0.3) is 15.5 Å². The largest absolute Gasteiger partial charge is 0.497 e. The fourth-order valence-corrected chi connectivity index (χ4v) is 3.39. The average molecular weight is 365 g/mol. The molecule has 0 spiro atoms. The molecule has 4 rings (SSSR count). The molecule has 0 radical (unpaired) electrons. The molecule has 8 heteroatoms. The number of rotatable bonds is 4. The molecule has 2 heterocycles. The highest BCUT2D eigenvalue weighted by atomic mass is 32.1. The van der Waals surface area contributed by atoms with Gasteiger partial charge in [-0.2, -0.15) is 9.61 Å². The molecule has 2 aromatic carbocycles. The number of nitrogens with zero attached hydrogens (tertiary/aromatic N) is 4. The highest BCUT2D eigenvalue weighted by Crippen LogP contribution is 2.27. The van der Waals surface area contributed by atoms with Crippen LogP contribution in [-0.2, 0) is 0 Å². The summed E-state index contributed by atoms with van der Waals surface area (Å²) in [5.41, 5.74) is 2.17. The molecule has 7 nitrogen and oxygen atoms in total. The van der Waals surface area contributed by atoms with Gasteiger partial charge in [-0.15, -0.1) is 10.2 Å². The van der Waals surface area contributed by atoms with Gasteiger partial charge in [0.05, 0.1) is 7.11 Å². The van der Waals surface area contributed by atoms with Gasteiger partial charge in [-0.25, -0.2) is 0 Å². The second kappa shape index (κ2) is 6.57. The van der Waals surface area contributed by atoms with E-state index in [1.54, 1.807) is 35.9 Å². The first kappa shape index (κ1) is 16.2. The second-order valence-electron chi connectivity index (χ2n) is 5.61. The van der Waals surface area contributed by atoms with E-state index in [1.807, 2.05) is 31.2 Å². The first-order valence-corrected chi connectivity index (χ1v) is 8.70. The molecule has 0 aliphatic rings. The Bertz CT molecular complexity index is 1080. The van der Waals surface area contributed by atoms with Gasteiger partial charge >= 0.3 is 0 Å². The van der Waals surface area contributed by atoms with E-state index in [9.17, 15) is 4.79 Å². The van der Waals surface area contributed by atoms with Gasteiger partial charge in [0.15, 0.2) is 5.82 Å². The van der Waals surface area contributed by atoms with Crippen molar-refractivity contribution in [3.63, 3.8) is 0 Å². The summed E-state index contributed by atoms with van der Waals surface area (Å²) < 4.78 is 6.82. The van der Waals surface area contributed by atoms with Crippen LogP contribution in [-0.4, -0.2) is 32.8 Å². The summed E-state index contributed by atoms with van der Waals surface area (Å²) in [7, 11) is 1.59. The number of anilines is 1. The maximum Gasteiger partial charge on any atom is 0.255 e. The van der Waals surface area contributed by atoms with Crippen molar-refractivity contribution in [2.24, 2.45) is 0 Å². The Balaban J connectivity index is 1.57. The van der Waals surface area contributed by atoms with Crippen molar-refractivity contribution in [2.75, 3.05) is 12.4 Å². The minimum absolute atomic E-state index is 0.182. The predicted molar refractivity (Wildman–Crippen MR) is 99.8 cm³/mol. The summed E-state index contributed by atoms with van der Waals surface area (Å²) >= 11 is 1.45. The Morgan fingerprint density at radius 3 is 2.69 bits per heavy atom. The van der Waals surface area contributed by atoms with Crippen LogP contribution < -0.4 is 10.1 Å². The SMILES string of the molecule is COc1ccc(C(=O)Nc2cccc(-c3nn4c(C)nnc4s3)c2)cc1. The van der Waals surface area contributed by atoms with Crippen LogP contribution in [0.2, 0.25) is 0 Å². The third-order valence-corrected chi connectivity index (χ3v) is 4.81. The molecule has 0 atom stereocenters. The minimum Gasteiger partial charge on any atom is -0.497 e. The zero-order valence-corrected chi connectivity index (χ0v) is 14.9. The number of nitrogens with one attached hydrogen (secondary N) is 1. The van der Waals surface area contributed by atoms with Crippen molar-refractivity contribution in [3.05, 3.63) is 59.9 Å². The molecule has 0 aliphatic carbocycles. The number of fused-ring (bicyclic) bond motifs is 1. The van der Waals surface area contributed by atoms with Gasteiger partial charge in [0, 0.05) is 16.8 Å². The van der Waals surface area contributed by atoms with Crippen LogP contribution in [0.5, 0.6) is 5.75 Å². The monoisotopic (exact) mass is 365 g/mol. The quantitative estimate of drug-likeness (QED) is 0.599. The van der Waals surface area contributed by atoms with Crippen molar-refractivity contribution in [2.45, 2.75) is 6.92 Å². The molecular formula is C18H15N5O2S. The molecule has 0 fully saturated rings. The maximum atomic E-state index is 12.4. The number of carbonyl (C=O) groups is 1. The van der Waals surface area contributed by atoms with E-state index in [4.69, 9.17) is 4.74 Å². The molecule has 1 N–H and O–H groups in total. The van der Waals surface area contributed by atoms with Gasteiger partial charge in [0.25, 0.3) is 5.91 Å². The third-order valence-electron chi connectivity index (χ3n) is 3.87. The van der Waals surface area contributed by atoms with E-state index in [0.29, 0.717) is 17.0 Å². The van der Waals surface area contributed by atoms with E-state index in [1.165, 1.54) is 11.3 Å². The van der Waals surface area contributed by atoms with E-state index in [0.717, 1.165) is 21.4 Å². The Kier molecular flexibility index (Phi) is 4.10. The Labute approximate surface area is 153 Å². The third kappa shape index (κ3) is 3.02. The molecule has 0 saturated heterocycles. The summed E-state index contributed by atoms with van der Waals surface area (Å²) in [5.74, 6) is 1.27. The molecule has 0 saturated carbocycles. The van der Waals surface area contributed by atoms with Gasteiger partial charge in [0.2, 0.25) is 4.96 Å². The first-order valence-electron chi connectivity index (χ1n) is 7.89.